The Labute approximate surface area is 121 Å². The third-order valence-electron chi connectivity index (χ3n) is 3.20. The predicted octanol–water partition coefficient (Wildman–Crippen LogP) is -0.822. The molecule has 21 heavy (non-hydrogen) atoms. The van der Waals surface area contributed by atoms with Gasteiger partial charge in [-0.15, -0.1) is 0 Å². The molecule has 9 heteroatoms. The lowest BCUT2D eigenvalue weighted by molar-refractivity contribution is -0.145. The number of carbonyl (C=O) groups is 4. The van der Waals surface area contributed by atoms with Crippen LogP contribution in [0.15, 0.2) is 0 Å². The molecular weight excluding hydrogens is 282 g/mol. The van der Waals surface area contributed by atoms with Gasteiger partial charge in [-0.3, -0.25) is 9.59 Å². The molecule has 1 heterocycles. The van der Waals surface area contributed by atoms with Crippen LogP contribution in [0.1, 0.15) is 19.8 Å². The molecule has 0 aliphatic carbocycles. The fourth-order valence-corrected chi connectivity index (χ4v) is 2.05. The zero-order chi connectivity index (χ0) is 16.0. The number of hydrogen-bond acceptors (Lipinski definition) is 4. The normalized spacial score (nSPS) is 16.8. The van der Waals surface area contributed by atoms with Crippen LogP contribution < -0.4 is 5.32 Å². The highest BCUT2D eigenvalue weighted by atomic mass is 16.4. The topological polar surface area (TPSA) is 127 Å². The van der Waals surface area contributed by atoms with E-state index in [9.17, 15) is 19.2 Å². The summed E-state index contributed by atoms with van der Waals surface area (Å²) < 4.78 is 0. The Balaban J connectivity index is 2.59. The molecule has 3 N–H and O–H groups in total. The number of amides is 3. The Morgan fingerprint density at radius 3 is 2.14 bits per heavy atom. The van der Waals surface area contributed by atoms with Gasteiger partial charge in [0, 0.05) is 33.1 Å². The number of carbonyl (C=O) groups excluding carboxylic acids is 2. The van der Waals surface area contributed by atoms with Crippen LogP contribution >= 0.6 is 0 Å². The fourth-order valence-electron chi connectivity index (χ4n) is 2.05. The number of nitrogens with zero attached hydrogens (tertiary/aromatic N) is 2. The molecule has 0 spiro atoms. The molecule has 9 nitrogen and oxygen atoms in total. The van der Waals surface area contributed by atoms with Crippen LogP contribution in [0, 0.1) is 0 Å². The van der Waals surface area contributed by atoms with Crippen LogP contribution in [0.25, 0.3) is 0 Å². The van der Waals surface area contributed by atoms with E-state index in [4.69, 9.17) is 10.2 Å². The summed E-state index contributed by atoms with van der Waals surface area (Å²) in [5.74, 6) is -2.78. The number of urea groups is 1. The van der Waals surface area contributed by atoms with E-state index >= 15 is 0 Å². The Morgan fingerprint density at radius 2 is 1.62 bits per heavy atom. The highest BCUT2D eigenvalue weighted by Crippen LogP contribution is 2.05. The van der Waals surface area contributed by atoms with Crippen molar-refractivity contribution in [2.24, 2.45) is 0 Å². The van der Waals surface area contributed by atoms with Crippen LogP contribution in [0.2, 0.25) is 0 Å². The summed E-state index contributed by atoms with van der Waals surface area (Å²) in [6.45, 7) is 3.03. The Hall–Kier alpha value is -2.32. The number of aliphatic carboxylic acids is 2. The van der Waals surface area contributed by atoms with Gasteiger partial charge in [-0.05, 0) is 6.42 Å². The summed E-state index contributed by atoms with van der Waals surface area (Å²) in [4.78, 5) is 47.7. The van der Waals surface area contributed by atoms with Gasteiger partial charge in [-0.25, -0.2) is 9.59 Å². The first-order valence-electron chi connectivity index (χ1n) is 6.56. The summed E-state index contributed by atoms with van der Waals surface area (Å²) in [5.41, 5.74) is 0. The summed E-state index contributed by atoms with van der Waals surface area (Å²) in [6.07, 6.45) is -0.0991. The Kier molecular flexibility index (Phi) is 5.94. The van der Waals surface area contributed by atoms with E-state index in [0.29, 0.717) is 26.1 Å². The van der Waals surface area contributed by atoms with Crippen molar-refractivity contribution in [1.29, 1.82) is 0 Å². The molecule has 0 aromatic carbocycles. The van der Waals surface area contributed by atoms with Crippen LogP contribution in [0.3, 0.4) is 0 Å². The second kappa shape index (κ2) is 7.46. The van der Waals surface area contributed by atoms with E-state index in [1.807, 2.05) is 0 Å². The molecule has 0 aromatic rings. The van der Waals surface area contributed by atoms with Crippen molar-refractivity contribution in [2.75, 3.05) is 26.2 Å². The van der Waals surface area contributed by atoms with Crippen LogP contribution in [-0.2, 0) is 14.4 Å². The predicted molar refractivity (Wildman–Crippen MR) is 70.7 cm³/mol. The number of hydrogen-bond donors (Lipinski definition) is 3. The molecule has 118 valence electrons. The lowest BCUT2D eigenvalue weighted by Gasteiger charge is -2.23. The number of carboxylic acids is 2. The average molecular weight is 301 g/mol. The standard InChI is InChI=1S/C12H19N3O6/c1-8(16)14-3-2-4-15(6-5-14)12(21)13-9(11(19)20)7-10(17)18/h9H,2-7H2,1H3,(H,13,21)(H,17,18)(H,19,20)/t9-/m0/s1. The van der Waals surface area contributed by atoms with Crippen molar-refractivity contribution in [3.8, 4) is 0 Å². The molecule has 1 aliphatic rings. The van der Waals surface area contributed by atoms with Crippen molar-refractivity contribution in [3.63, 3.8) is 0 Å². The summed E-state index contributed by atoms with van der Waals surface area (Å²) in [6, 6.07) is -2.10. The molecule has 0 unspecified atom stereocenters. The maximum atomic E-state index is 12.0. The van der Waals surface area contributed by atoms with Gasteiger partial charge in [-0.2, -0.15) is 0 Å². The summed E-state index contributed by atoms with van der Waals surface area (Å²) in [7, 11) is 0. The lowest BCUT2D eigenvalue weighted by atomic mass is 10.2. The van der Waals surface area contributed by atoms with E-state index in [2.05, 4.69) is 5.32 Å². The minimum atomic E-state index is -1.47. The second-order valence-electron chi connectivity index (χ2n) is 4.78. The molecule has 3 amide bonds. The quantitative estimate of drug-likeness (QED) is 0.622. The minimum absolute atomic E-state index is 0.0773. The first-order chi connectivity index (χ1) is 9.81. The van der Waals surface area contributed by atoms with Gasteiger partial charge in [0.15, 0.2) is 0 Å². The van der Waals surface area contributed by atoms with Crippen molar-refractivity contribution in [3.05, 3.63) is 0 Å². The monoisotopic (exact) mass is 301 g/mol. The third kappa shape index (κ3) is 5.28. The Morgan fingerprint density at radius 1 is 1.05 bits per heavy atom. The van der Waals surface area contributed by atoms with Gasteiger partial charge in [0.2, 0.25) is 5.91 Å². The number of rotatable bonds is 4. The van der Waals surface area contributed by atoms with Crippen molar-refractivity contribution in [2.45, 2.75) is 25.8 Å². The van der Waals surface area contributed by atoms with Gasteiger partial charge in [0.25, 0.3) is 0 Å². The first kappa shape index (κ1) is 16.7. The van der Waals surface area contributed by atoms with Gasteiger partial charge < -0.3 is 25.3 Å². The lowest BCUT2D eigenvalue weighted by Crippen LogP contribution is -2.49. The van der Waals surface area contributed by atoms with Crippen molar-refractivity contribution in [1.82, 2.24) is 15.1 Å². The van der Waals surface area contributed by atoms with Crippen LogP contribution in [0.5, 0.6) is 0 Å². The number of carboxylic acid groups (broad SMARTS) is 2. The molecule has 1 rings (SSSR count). The van der Waals surface area contributed by atoms with Crippen LogP contribution in [0.4, 0.5) is 4.79 Å². The molecule has 1 atom stereocenters. The van der Waals surface area contributed by atoms with E-state index in [1.165, 1.54) is 11.8 Å². The molecule has 0 aromatic heterocycles. The third-order valence-corrected chi connectivity index (χ3v) is 3.20. The largest absolute Gasteiger partial charge is 0.481 e. The zero-order valence-electron chi connectivity index (χ0n) is 11.7. The molecular formula is C12H19N3O6. The van der Waals surface area contributed by atoms with E-state index in [-0.39, 0.29) is 12.5 Å². The van der Waals surface area contributed by atoms with Gasteiger partial charge in [0.1, 0.15) is 6.04 Å². The zero-order valence-corrected chi connectivity index (χ0v) is 11.7. The van der Waals surface area contributed by atoms with Crippen molar-refractivity contribution >= 4 is 23.9 Å². The van der Waals surface area contributed by atoms with Crippen LogP contribution in [-0.4, -0.2) is 76.1 Å². The minimum Gasteiger partial charge on any atom is -0.481 e. The van der Waals surface area contributed by atoms with Gasteiger partial charge in [0.05, 0.1) is 6.42 Å². The van der Waals surface area contributed by atoms with E-state index in [0.717, 1.165) is 0 Å². The second-order valence-corrected chi connectivity index (χ2v) is 4.78. The van der Waals surface area contributed by atoms with E-state index < -0.39 is 30.4 Å². The molecule has 0 saturated carbocycles. The Bertz CT molecular complexity index is 439. The molecule has 1 saturated heterocycles. The molecule has 0 bridgehead atoms. The molecule has 0 radical (unpaired) electrons. The highest BCUT2D eigenvalue weighted by molar-refractivity contribution is 5.86. The fraction of sp³-hybridized carbons (Fsp3) is 0.667. The summed E-state index contributed by atoms with van der Waals surface area (Å²) >= 11 is 0. The first-order valence-corrected chi connectivity index (χ1v) is 6.56. The SMILES string of the molecule is CC(=O)N1CCCN(C(=O)N[C@@H](CC(=O)O)C(=O)O)CC1. The molecule has 1 aliphatic heterocycles. The van der Waals surface area contributed by atoms with E-state index in [1.54, 1.807) is 4.90 Å². The average Bonchev–Trinajstić information content (AvgIpc) is 2.62. The maximum Gasteiger partial charge on any atom is 0.326 e. The smallest absolute Gasteiger partial charge is 0.326 e. The van der Waals surface area contributed by atoms with Gasteiger partial charge in [-0.1, -0.05) is 0 Å². The van der Waals surface area contributed by atoms with Gasteiger partial charge >= 0.3 is 18.0 Å². The number of nitrogens with one attached hydrogen (secondary N) is 1. The summed E-state index contributed by atoms with van der Waals surface area (Å²) in [5, 5.41) is 19.7. The molecule has 1 fully saturated rings. The highest BCUT2D eigenvalue weighted by Gasteiger charge is 2.26. The maximum absolute atomic E-state index is 12.0. The van der Waals surface area contributed by atoms with Crippen molar-refractivity contribution < 1.29 is 29.4 Å².